The molecule has 3 heterocycles. The Morgan fingerprint density at radius 1 is 0.512 bits per heavy atom. The van der Waals surface area contributed by atoms with E-state index in [1.54, 1.807) is 34.3 Å². The van der Waals surface area contributed by atoms with Gasteiger partial charge in [0.15, 0.2) is 0 Å². The summed E-state index contributed by atoms with van der Waals surface area (Å²) < 4.78 is 106. The van der Waals surface area contributed by atoms with E-state index < -0.39 is 53.2 Å². The number of thiophene rings is 3. The minimum absolute atomic E-state index is 0. The van der Waals surface area contributed by atoms with Crippen LogP contribution in [-0.4, -0.2) is 65.6 Å². The van der Waals surface area contributed by atoms with Crippen LogP contribution in [0.3, 0.4) is 0 Å². The minimum atomic E-state index is -4.83. The van der Waals surface area contributed by atoms with Crippen molar-refractivity contribution in [3.8, 4) is 0 Å². The molecular formula is C24H18F9O6RuS3+6. The molecule has 0 bridgehead atoms. The molecule has 0 spiro atoms. The maximum absolute atomic E-state index is 11.8. The van der Waals surface area contributed by atoms with Gasteiger partial charge in [-0.15, -0.1) is 34.0 Å². The fourth-order valence-electron chi connectivity index (χ4n) is 2.12. The quantitative estimate of drug-likeness (QED) is 0.0589. The Balaban J connectivity index is 0.000000608. The number of allylic oxidation sites excluding steroid dienone is 6. The van der Waals surface area contributed by atoms with E-state index in [4.69, 9.17) is 29.7 Å². The van der Waals surface area contributed by atoms with Crippen LogP contribution in [0.4, 0.5) is 39.5 Å². The van der Waals surface area contributed by atoms with Crippen molar-refractivity contribution in [2.75, 3.05) is 0 Å². The van der Waals surface area contributed by atoms with Gasteiger partial charge in [-0.3, -0.25) is 14.4 Å². The fraction of sp³-hybridized carbons (Fsp3) is 0.125. The molecule has 0 fully saturated rings. The topological polar surface area (TPSA) is 125 Å². The van der Waals surface area contributed by atoms with Gasteiger partial charge in [0.1, 0.15) is 14.6 Å². The molecule has 3 aromatic rings. The van der Waals surface area contributed by atoms with Crippen molar-refractivity contribution < 1.29 is 88.7 Å². The molecule has 0 aliphatic rings. The van der Waals surface area contributed by atoms with Gasteiger partial charge in [0.25, 0.3) is 0 Å². The van der Waals surface area contributed by atoms with Gasteiger partial charge in [-0.05, 0) is 34.3 Å². The Hall–Kier alpha value is -3.28. The molecule has 0 saturated carbocycles. The van der Waals surface area contributed by atoms with E-state index in [1.165, 1.54) is 18.2 Å². The molecule has 3 rings (SSSR count). The standard InChI is InChI=1S/3C8H5F3O2S.Ru/c3*9-8(10,11)7(13)4-5(12)6-2-1-3-14-6;/h3*1-4,13H;/q;;;+3/p+3/b3*7-4-;. The summed E-state index contributed by atoms with van der Waals surface area (Å²) >= 11 is 3.22. The van der Waals surface area contributed by atoms with Gasteiger partial charge in [-0.1, -0.05) is 18.2 Å². The molecule has 0 aliphatic carbocycles. The summed E-state index contributed by atoms with van der Waals surface area (Å²) in [5.74, 6) is -7.25. The molecule has 233 valence electrons. The average Bonchev–Trinajstić information content (AvgIpc) is 3.66. The number of hydrogen-bond acceptors (Lipinski definition) is 6. The van der Waals surface area contributed by atoms with Crippen LogP contribution in [0, 0.1) is 0 Å². The number of alkyl halides is 9. The second-order valence-corrected chi connectivity index (χ2v) is 10.0. The first kappa shape index (κ1) is 39.7. The molecule has 0 amide bonds. The molecule has 0 saturated heterocycles. The Morgan fingerprint density at radius 3 is 0.860 bits per heavy atom. The first-order valence-electron chi connectivity index (χ1n) is 10.5. The average molecular weight is 771 g/mol. The molecule has 3 aromatic heterocycles. The van der Waals surface area contributed by atoms with E-state index in [-0.39, 0.29) is 52.3 Å². The van der Waals surface area contributed by atoms with Crippen LogP contribution < -0.4 is 0 Å². The van der Waals surface area contributed by atoms with Crippen molar-refractivity contribution in [2.45, 2.75) is 18.5 Å². The van der Waals surface area contributed by atoms with Gasteiger partial charge in [0.05, 0.1) is 18.2 Å². The molecule has 6 N–H and O–H groups in total. The van der Waals surface area contributed by atoms with Crippen LogP contribution in [0.5, 0.6) is 0 Å². The number of hydrogen-bond donors (Lipinski definition) is 3. The van der Waals surface area contributed by atoms with Crippen molar-refractivity contribution in [3.05, 3.63) is 103 Å². The number of carbonyl (C=O) groups excluding carboxylic acids is 3. The first-order valence-corrected chi connectivity index (χ1v) is 13.1. The van der Waals surface area contributed by atoms with Gasteiger partial charge in [0.2, 0.25) is 17.3 Å². The summed E-state index contributed by atoms with van der Waals surface area (Å²) in [6.07, 6.45) is -13.6. The molecule has 0 aliphatic heterocycles. The number of aliphatic hydroxyl groups is 3. The van der Waals surface area contributed by atoms with Crippen LogP contribution in [0.15, 0.2) is 88.0 Å². The molecule has 43 heavy (non-hydrogen) atoms. The summed E-state index contributed by atoms with van der Waals surface area (Å²) in [6.45, 7) is 0. The molecule has 0 aromatic carbocycles. The SMILES string of the molecule is O/C(=C\C(=[OH+])c1cccs1)C(F)(F)F.O/C(=C\C(=[OH+])c1cccs1)C(F)(F)F.O/C(=C\C(=[OH+])c1cccs1)C(F)(F)F.[Ru+3]. The zero-order valence-corrected chi connectivity index (χ0v) is 24.8. The van der Waals surface area contributed by atoms with Crippen molar-refractivity contribution in [1.29, 1.82) is 0 Å². The van der Waals surface area contributed by atoms with Gasteiger partial charge in [-0.25, -0.2) is 0 Å². The van der Waals surface area contributed by atoms with Crippen LogP contribution in [-0.2, 0) is 19.5 Å². The van der Waals surface area contributed by atoms with Gasteiger partial charge in [-0.2, -0.15) is 39.5 Å². The van der Waals surface area contributed by atoms with Crippen LogP contribution in [0.25, 0.3) is 0 Å². The first-order chi connectivity index (χ1) is 19.2. The number of rotatable bonds is 6. The molecular weight excluding hydrogens is 753 g/mol. The van der Waals surface area contributed by atoms with Gasteiger partial charge >= 0.3 is 55.4 Å². The summed E-state index contributed by atoms with van der Waals surface area (Å²) in [5, 5.41) is 30.3. The molecule has 6 nitrogen and oxygen atoms in total. The van der Waals surface area contributed by atoms with Crippen molar-refractivity contribution in [3.63, 3.8) is 0 Å². The predicted molar refractivity (Wildman–Crippen MR) is 141 cm³/mol. The fourth-order valence-corrected chi connectivity index (χ4v) is 4.04. The largest absolute Gasteiger partial charge is 3.00 e. The summed E-state index contributed by atoms with van der Waals surface area (Å²) in [4.78, 5) is 28.2. The third-order valence-electron chi connectivity index (χ3n) is 4.01. The minimum Gasteiger partial charge on any atom is -0.504 e. The van der Waals surface area contributed by atoms with Crippen molar-refractivity contribution >= 4 is 51.4 Å². The van der Waals surface area contributed by atoms with E-state index in [2.05, 4.69) is 0 Å². The monoisotopic (exact) mass is 771 g/mol. The molecule has 19 heteroatoms. The van der Waals surface area contributed by atoms with E-state index in [1.807, 2.05) is 0 Å². The van der Waals surface area contributed by atoms with Crippen molar-refractivity contribution in [2.24, 2.45) is 0 Å². The van der Waals surface area contributed by atoms with E-state index >= 15 is 0 Å². The van der Waals surface area contributed by atoms with E-state index in [0.717, 1.165) is 34.0 Å². The third kappa shape index (κ3) is 14.6. The summed E-state index contributed by atoms with van der Waals surface area (Å²) in [6, 6.07) is 9.07. The summed E-state index contributed by atoms with van der Waals surface area (Å²) in [7, 11) is 0. The van der Waals surface area contributed by atoms with Crippen LogP contribution in [0.1, 0.15) is 14.6 Å². The Labute approximate surface area is 260 Å². The molecule has 0 unspecified atom stereocenters. The molecule has 1 radical (unpaired) electrons. The van der Waals surface area contributed by atoms with Gasteiger partial charge in [0, 0.05) is 0 Å². The second-order valence-electron chi connectivity index (χ2n) is 7.17. The zero-order chi connectivity index (χ0) is 32.3. The number of halogens is 9. The number of aliphatic hydroxyl groups excluding tert-OH is 3. The summed E-state index contributed by atoms with van der Waals surface area (Å²) in [5.41, 5.74) is 0. The number of ketones is 3. The second kappa shape index (κ2) is 17.1. The van der Waals surface area contributed by atoms with Crippen molar-refractivity contribution in [1.82, 2.24) is 0 Å². The predicted octanol–water partition coefficient (Wildman–Crippen LogP) is 7.93. The Bertz CT molecular complexity index is 1230. The van der Waals surface area contributed by atoms with E-state index in [9.17, 15) is 39.5 Å². The Morgan fingerprint density at radius 2 is 0.721 bits per heavy atom. The maximum Gasteiger partial charge on any atom is 3.00 e. The molecule has 0 atom stereocenters. The van der Waals surface area contributed by atoms with Crippen LogP contribution >= 0.6 is 34.0 Å². The smallest absolute Gasteiger partial charge is 0.504 e. The van der Waals surface area contributed by atoms with E-state index in [0.29, 0.717) is 0 Å². The maximum atomic E-state index is 11.8. The normalized spacial score (nSPS) is 12.6. The Kier molecular flexibility index (Phi) is 15.8. The van der Waals surface area contributed by atoms with Crippen LogP contribution in [0.2, 0.25) is 0 Å². The third-order valence-corrected chi connectivity index (χ3v) is 6.69. The zero-order valence-electron chi connectivity index (χ0n) is 20.6. The van der Waals surface area contributed by atoms with Gasteiger partial charge < -0.3 is 15.3 Å².